The van der Waals surface area contributed by atoms with Crippen molar-refractivity contribution in [2.75, 3.05) is 11.1 Å². The number of alkyl halides is 1. The maximum Gasteiger partial charge on any atom is 0.176 e. The van der Waals surface area contributed by atoms with Crippen molar-refractivity contribution in [1.29, 1.82) is 0 Å². The zero-order valence-electron chi connectivity index (χ0n) is 6.48. The Bertz CT molecular complexity index is 356. The van der Waals surface area contributed by atoms with E-state index >= 15 is 0 Å². The van der Waals surface area contributed by atoms with Gasteiger partial charge in [0.25, 0.3) is 0 Å². The number of Topliss-reactive ketones (excluding diaryl/α,β-unsaturated/α-hetero) is 1. The second kappa shape index (κ2) is 4.07. The number of nitrogen functional groups attached to an aromatic ring is 1. The van der Waals surface area contributed by atoms with Crippen LogP contribution < -0.4 is 5.73 Å². The molecule has 0 bridgehead atoms. The van der Waals surface area contributed by atoms with Crippen LogP contribution in [0.15, 0.2) is 12.1 Å². The predicted molar refractivity (Wildman–Crippen MR) is 53.9 cm³/mol. The van der Waals surface area contributed by atoms with Crippen LogP contribution in [0.1, 0.15) is 10.4 Å². The van der Waals surface area contributed by atoms with Crippen LogP contribution in [-0.2, 0) is 0 Å². The Balaban J connectivity index is 3.28. The van der Waals surface area contributed by atoms with Gasteiger partial charge in [-0.15, -0.1) is 0 Å². The molecule has 2 N–H and O–H groups in total. The molecule has 0 saturated heterocycles. The summed E-state index contributed by atoms with van der Waals surface area (Å²) in [5, 5.41) is -0.0896. The number of hydrogen-bond donors (Lipinski definition) is 1. The molecule has 0 fully saturated rings. The van der Waals surface area contributed by atoms with Gasteiger partial charge in [0.05, 0.1) is 15.9 Å². The Morgan fingerprint density at radius 2 is 2.23 bits per heavy atom. The zero-order chi connectivity index (χ0) is 10.0. The van der Waals surface area contributed by atoms with Crippen LogP contribution >= 0.6 is 27.5 Å². The quantitative estimate of drug-likeness (QED) is 0.508. The lowest BCUT2D eigenvalue weighted by Crippen LogP contribution is -2.05. The summed E-state index contributed by atoms with van der Waals surface area (Å²) in [5.74, 6) is -1.10. The molecule has 13 heavy (non-hydrogen) atoms. The van der Waals surface area contributed by atoms with Crippen LogP contribution in [0.4, 0.5) is 10.1 Å². The molecule has 5 heteroatoms. The molecule has 0 aliphatic carbocycles. The summed E-state index contributed by atoms with van der Waals surface area (Å²) in [6, 6.07) is 2.53. The molecule has 0 heterocycles. The number of halogens is 3. The molecule has 0 aromatic heterocycles. The first-order valence-electron chi connectivity index (χ1n) is 3.40. The molecule has 0 amide bonds. The van der Waals surface area contributed by atoms with E-state index in [9.17, 15) is 9.18 Å². The monoisotopic (exact) mass is 265 g/mol. The Hall–Kier alpha value is -0.610. The van der Waals surface area contributed by atoms with Gasteiger partial charge in [-0.25, -0.2) is 4.39 Å². The minimum absolute atomic E-state index is 0.0453. The van der Waals surface area contributed by atoms with E-state index in [0.29, 0.717) is 0 Å². The van der Waals surface area contributed by atoms with Crippen molar-refractivity contribution in [1.82, 2.24) is 0 Å². The molecule has 0 saturated carbocycles. The Morgan fingerprint density at radius 1 is 1.62 bits per heavy atom. The first-order valence-corrected chi connectivity index (χ1v) is 4.90. The predicted octanol–water partition coefficient (Wildman–Crippen LogP) is 2.64. The molecule has 1 aromatic carbocycles. The van der Waals surface area contributed by atoms with Gasteiger partial charge >= 0.3 is 0 Å². The summed E-state index contributed by atoms with van der Waals surface area (Å²) < 4.78 is 13.2. The van der Waals surface area contributed by atoms with Gasteiger partial charge in [0.15, 0.2) is 11.6 Å². The fourth-order valence-electron chi connectivity index (χ4n) is 0.885. The average molecular weight is 266 g/mol. The SMILES string of the molecule is Nc1cc(Cl)c(F)c(C(=O)CBr)c1. The minimum Gasteiger partial charge on any atom is -0.399 e. The Morgan fingerprint density at radius 3 is 2.77 bits per heavy atom. The van der Waals surface area contributed by atoms with Crippen molar-refractivity contribution >= 4 is 39.0 Å². The highest BCUT2D eigenvalue weighted by Gasteiger charge is 2.14. The molecular formula is C8H6BrClFNO. The fraction of sp³-hybridized carbons (Fsp3) is 0.125. The number of rotatable bonds is 2. The van der Waals surface area contributed by atoms with E-state index < -0.39 is 5.82 Å². The van der Waals surface area contributed by atoms with E-state index in [1.54, 1.807) is 0 Å². The topological polar surface area (TPSA) is 43.1 Å². The lowest BCUT2D eigenvalue weighted by Gasteiger charge is -2.03. The van der Waals surface area contributed by atoms with Crippen LogP contribution in [0.3, 0.4) is 0 Å². The number of benzene rings is 1. The van der Waals surface area contributed by atoms with Gasteiger partial charge in [0.1, 0.15) is 0 Å². The van der Waals surface area contributed by atoms with Crippen molar-refractivity contribution in [3.63, 3.8) is 0 Å². The summed E-state index contributed by atoms with van der Waals surface area (Å²) in [5.41, 5.74) is 5.59. The molecular weight excluding hydrogens is 260 g/mol. The minimum atomic E-state index is -0.722. The normalized spacial score (nSPS) is 10.1. The average Bonchev–Trinajstić information content (AvgIpc) is 2.10. The molecule has 0 atom stereocenters. The summed E-state index contributed by atoms with van der Waals surface area (Å²) in [7, 11) is 0. The maximum atomic E-state index is 13.2. The number of hydrogen-bond acceptors (Lipinski definition) is 2. The van der Waals surface area contributed by atoms with Crippen LogP contribution in [0, 0.1) is 5.82 Å². The smallest absolute Gasteiger partial charge is 0.176 e. The van der Waals surface area contributed by atoms with Crippen molar-refractivity contribution in [2.24, 2.45) is 0 Å². The van der Waals surface area contributed by atoms with E-state index in [1.165, 1.54) is 12.1 Å². The molecule has 0 unspecified atom stereocenters. The molecule has 2 nitrogen and oxygen atoms in total. The van der Waals surface area contributed by atoms with Gasteiger partial charge in [-0.3, -0.25) is 4.79 Å². The fourth-order valence-corrected chi connectivity index (χ4v) is 1.41. The second-order valence-electron chi connectivity index (χ2n) is 2.42. The largest absolute Gasteiger partial charge is 0.399 e. The molecule has 0 aliphatic rings. The summed E-state index contributed by atoms with van der Waals surface area (Å²) in [6.45, 7) is 0. The van der Waals surface area contributed by atoms with E-state index in [2.05, 4.69) is 15.9 Å². The standard InChI is InChI=1S/C8H6BrClFNO/c9-3-7(13)5-1-4(12)2-6(10)8(5)11/h1-2H,3,12H2. The molecule has 0 radical (unpaired) electrons. The van der Waals surface area contributed by atoms with Crippen LogP contribution in [-0.4, -0.2) is 11.1 Å². The first-order chi connectivity index (χ1) is 6.06. The summed E-state index contributed by atoms with van der Waals surface area (Å²) in [4.78, 5) is 11.1. The first kappa shape index (κ1) is 10.5. The number of carbonyl (C=O) groups is 1. The zero-order valence-corrected chi connectivity index (χ0v) is 8.82. The highest BCUT2D eigenvalue weighted by molar-refractivity contribution is 9.09. The lowest BCUT2D eigenvalue weighted by atomic mass is 10.1. The van der Waals surface area contributed by atoms with E-state index in [0.717, 1.165) is 0 Å². The van der Waals surface area contributed by atoms with Gasteiger partial charge in [-0.2, -0.15) is 0 Å². The van der Waals surface area contributed by atoms with Gasteiger partial charge < -0.3 is 5.73 Å². The molecule has 1 aromatic rings. The summed E-state index contributed by atoms with van der Waals surface area (Å²) in [6.07, 6.45) is 0. The van der Waals surface area contributed by atoms with E-state index in [1.807, 2.05) is 0 Å². The number of ketones is 1. The third-order valence-corrected chi connectivity index (χ3v) is 2.26. The molecule has 70 valence electrons. The number of carbonyl (C=O) groups excluding carboxylic acids is 1. The Kier molecular flexibility index (Phi) is 3.27. The lowest BCUT2D eigenvalue weighted by molar-refractivity contribution is 0.102. The molecule has 0 aliphatic heterocycles. The van der Waals surface area contributed by atoms with Crippen molar-refractivity contribution in [2.45, 2.75) is 0 Å². The highest BCUT2D eigenvalue weighted by atomic mass is 79.9. The van der Waals surface area contributed by atoms with Gasteiger partial charge in [0, 0.05) is 5.69 Å². The Labute approximate surface area is 88.0 Å². The third-order valence-electron chi connectivity index (χ3n) is 1.47. The van der Waals surface area contributed by atoms with Crippen molar-refractivity contribution in [3.8, 4) is 0 Å². The van der Waals surface area contributed by atoms with Crippen LogP contribution in [0.5, 0.6) is 0 Å². The summed E-state index contributed by atoms with van der Waals surface area (Å²) >= 11 is 8.43. The van der Waals surface area contributed by atoms with E-state index in [-0.39, 0.29) is 27.4 Å². The van der Waals surface area contributed by atoms with E-state index in [4.69, 9.17) is 17.3 Å². The van der Waals surface area contributed by atoms with Crippen molar-refractivity contribution in [3.05, 3.63) is 28.5 Å². The highest BCUT2D eigenvalue weighted by Crippen LogP contribution is 2.22. The third kappa shape index (κ3) is 2.19. The molecule has 1 rings (SSSR count). The molecule has 0 spiro atoms. The number of anilines is 1. The van der Waals surface area contributed by atoms with Gasteiger partial charge in [0.2, 0.25) is 0 Å². The van der Waals surface area contributed by atoms with Gasteiger partial charge in [-0.1, -0.05) is 27.5 Å². The van der Waals surface area contributed by atoms with Crippen LogP contribution in [0.25, 0.3) is 0 Å². The second-order valence-corrected chi connectivity index (χ2v) is 3.39. The van der Waals surface area contributed by atoms with Crippen LogP contribution in [0.2, 0.25) is 5.02 Å². The maximum absolute atomic E-state index is 13.2. The number of nitrogens with two attached hydrogens (primary N) is 1. The van der Waals surface area contributed by atoms with Gasteiger partial charge in [-0.05, 0) is 12.1 Å². The van der Waals surface area contributed by atoms with Crippen molar-refractivity contribution < 1.29 is 9.18 Å².